The Balaban J connectivity index is 2.15. The highest BCUT2D eigenvalue weighted by atomic mass is 16.2. The van der Waals surface area contributed by atoms with Crippen molar-refractivity contribution in [1.82, 2.24) is 9.88 Å². The van der Waals surface area contributed by atoms with Gasteiger partial charge in [0.05, 0.1) is 5.92 Å². The first-order valence-electron chi connectivity index (χ1n) is 7.48. The maximum Gasteiger partial charge on any atom is 0.230 e. The second kappa shape index (κ2) is 7.58. The smallest absolute Gasteiger partial charge is 0.230 e. The Kier molecular flexibility index (Phi) is 5.50. The summed E-state index contributed by atoms with van der Waals surface area (Å²) in [5, 5.41) is 0. The van der Waals surface area contributed by atoms with Crippen LogP contribution in [-0.2, 0) is 11.3 Å². The summed E-state index contributed by atoms with van der Waals surface area (Å²) in [5.41, 5.74) is 2.21. The molecule has 2 rings (SSSR count). The van der Waals surface area contributed by atoms with E-state index in [0.717, 1.165) is 17.5 Å². The fourth-order valence-electron chi connectivity index (χ4n) is 2.51. The van der Waals surface area contributed by atoms with Gasteiger partial charge in [-0.25, -0.2) is 0 Å². The monoisotopic (exact) mass is 282 g/mol. The van der Waals surface area contributed by atoms with E-state index in [9.17, 15) is 4.79 Å². The molecule has 0 bridgehead atoms. The average molecular weight is 282 g/mol. The lowest BCUT2D eigenvalue weighted by atomic mass is 9.95. The van der Waals surface area contributed by atoms with E-state index in [4.69, 9.17) is 0 Å². The molecule has 3 heteroatoms. The molecule has 0 radical (unpaired) electrons. The summed E-state index contributed by atoms with van der Waals surface area (Å²) in [7, 11) is 0. The van der Waals surface area contributed by atoms with Crippen LogP contribution in [0.3, 0.4) is 0 Å². The third-order valence-corrected chi connectivity index (χ3v) is 3.72. The molecule has 1 aromatic carbocycles. The number of carbonyl (C=O) groups is 1. The summed E-state index contributed by atoms with van der Waals surface area (Å²) < 4.78 is 0. The van der Waals surface area contributed by atoms with E-state index in [1.165, 1.54) is 0 Å². The molecule has 2 aromatic rings. The lowest BCUT2D eigenvalue weighted by molar-refractivity contribution is -0.133. The van der Waals surface area contributed by atoms with E-state index in [1.54, 1.807) is 12.4 Å². The van der Waals surface area contributed by atoms with Gasteiger partial charge in [-0.15, -0.1) is 0 Å². The molecule has 1 unspecified atom stereocenters. The Labute approximate surface area is 126 Å². The van der Waals surface area contributed by atoms with Gasteiger partial charge in [0.1, 0.15) is 0 Å². The quantitative estimate of drug-likeness (QED) is 0.810. The van der Waals surface area contributed by atoms with E-state index in [-0.39, 0.29) is 11.8 Å². The van der Waals surface area contributed by atoms with Crippen LogP contribution in [0.1, 0.15) is 37.3 Å². The van der Waals surface area contributed by atoms with Gasteiger partial charge < -0.3 is 4.90 Å². The van der Waals surface area contributed by atoms with Crippen LogP contribution in [0.25, 0.3) is 0 Å². The normalized spacial score (nSPS) is 11.9. The molecule has 1 aromatic heterocycles. The molecule has 0 N–H and O–H groups in total. The zero-order valence-corrected chi connectivity index (χ0v) is 12.7. The Morgan fingerprint density at radius 3 is 2.33 bits per heavy atom. The highest BCUT2D eigenvalue weighted by molar-refractivity contribution is 5.83. The summed E-state index contributed by atoms with van der Waals surface area (Å²) >= 11 is 0. The molecule has 0 aliphatic heterocycles. The van der Waals surface area contributed by atoms with Crippen LogP contribution >= 0.6 is 0 Å². The fourth-order valence-corrected chi connectivity index (χ4v) is 2.51. The number of hydrogen-bond acceptors (Lipinski definition) is 2. The maximum atomic E-state index is 12.8. The molecule has 0 spiro atoms. The van der Waals surface area contributed by atoms with Crippen molar-refractivity contribution >= 4 is 5.91 Å². The molecular weight excluding hydrogens is 260 g/mol. The predicted molar refractivity (Wildman–Crippen MR) is 84.8 cm³/mol. The number of aromatic nitrogens is 1. The second-order valence-electron chi connectivity index (χ2n) is 5.08. The summed E-state index contributed by atoms with van der Waals surface area (Å²) in [5.74, 6) is 0.135. The van der Waals surface area contributed by atoms with Crippen LogP contribution < -0.4 is 0 Å². The first-order chi connectivity index (χ1) is 10.3. The summed E-state index contributed by atoms with van der Waals surface area (Å²) in [6.07, 6.45) is 4.35. The molecule has 1 amide bonds. The minimum Gasteiger partial charge on any atom is -0.338 e. The standard InChI is InChI=1S/C18H22N2O/c1-3-17(16-8-6-5-7-9-16)18(21)20(4-2)14-15-10-12-19-13-11-15/h5-13,17H,3-4,14H2,1-2H3. The molecule has 0 saturated heterocycles. The number of carbonyl (C=O) groups excluding carboxylic acids is 1. The molecular formula is C18H22N2O. The van der Waals surface area contributed by atoms with Gasteiger partial charge in [0.15, 0.2) is 0 Å². The van der Waals surface area contributed by atoms with Gasteiger partial charge >= 0.3 is 0 Å². The van der Waals surface area contributed by atoms with Gasteiger partial charge in [0.25, 0.3) is 0 Å². The molecule has 1 heterocycles. The first-order valence-corrected chi connectivity index (χ1v) is 7.48. The predicted octanol–water partition coefficient (Wildman–Crippen LogP) is 3.62. The van der Waals surface area contributed by atoms with Crippen molar-refractivity contribution in [2.24, 2.45) is 0 Å². The van der Waals surface area contributed by atoms with Gasteiger partial charge in [-0.3, -0.25) is 9.78 Å². The number of rotatable bonds is 6. The van der Waals surface area contributed by atoms with Gasteiger partial charge in [-0.05, 0) is 36.6 Å². The minimum atomic E-state index is -0.0620. The van der Waals surface area contributed by atoms with Crippen molar-refractivity contribution in [2.45, 2.75) is 32.7 Å². The average Bonchev–Trinajstić information content (AvgIpc) is 2.55. The molecule has 3 nitrogen and oxygen atoms in total. The molecule has 1 atom stereocenters. The molecule has 0 aliphatic rings. The molecule has 0 fully saturated rings. The van der Waals surface area contributed by atoms with Crippen LogP contribution in [0, 0.1) is 0 Å². The SMILES string of the molecule is CCC(C(=O)N(CC)Cc1ccncc1)c1ccccc1. The first kappa shape index (κ1) is 15.2. The fraction of sp³-hybridized carbons (Fsp3) is 0.333. The van der Waals surface area contributed by atoms with Gasteiger partial charge in [0.2, 0.25) is 5.91 Å². The molecule has 0 aliphatic carbocycles. The zero-order valence-electron chi connectivity index (χ0n) is 12.7. The van der Waals surface area contributed by atoms with Crippen molar-refractivity contribution in [2.75, 3.05) is 6.54 Å². The van der Waals surface area contributed by atoms with Crippen molar-refractivity contribution in [1.29, 1.82) is 0 Å². The van der Waals surface area contributed by atoms with Crippen molar-refractivity contribution in [3.8, 4) is 0 Å². The van der Waals surface area contributed by atoms with Crippen LogP contribution in [0.4, 0.5) is 0 Å². The second-order valence-corrected chi connectivity index (χ2v) is 5.08. The number of benzene rings is 1. The van der Waals surface area contributed by atoms with Gasteiger partial charge in [-0.1, -0.05) is 37.3 Å². The highest BCUT2D eigenvalue weighted by Crippen LogP contribution is 2.22. The number of hydrogen-bond donors (Lipinski definition) is 0. The minimum absolute atomic E-state index is 0.0620. The van der Waals surface area contributed by atoms with E-state index < -0.39 is 0 Å². The maximum absolute atomic E-state index is 12.8. The van der Waals surface area contributed by atoms with Crippen molar-refractivity contribution in [3.63, 3.8) is 0 Å². The van der Waals surface area contributed by atoms with Crippen LogP contribution in [0.2, 0.25) is 0 Å². The van der Waals surface area contributed by atoms with E-state index in [2.05, 4.69) is 11.9 Å². The molecule has 0 saturated carbocycles. The molecule has 21 heavy (non-hydrogen) atoms. The Hall–Kier alpha value is -2.16. The molecule has 110 valence electrons. The third-order valence-electron chi connectivity index (χ3n) is 3.72. The third kappa shape index (κ3) is 3.91. The van der Waals surface area contributed by atoms with E-state index in [0.29, 0.717) is 13.1 Å². The summed E-state index contributed by atoms with van der Waals surface area (Å²) in [4.78, 5) is 18.8. The summed E-state index contributed by atoms with van der Waals surface area (Å²) in [6, 6.07) is 13.9. The van der Waals surface area contributed by atoms with Crippen molar-refractivity contribution < 1.29 is 4.79 Å². The van der Waals surface area contributed by atoms with E-state index in [1.807, 2.05) is 54.3 Å². The van der Waals surface area contributed by atoms with Crippen LogP contribution in [-0.4, -0.2) is 22.3 Å². The lowest BCUT2D eigenvalue weighted by Crippen LogP contribution is -2.34. The number of nitrogens with zero attached hydrogens (tertiary/aromatic N) is 2. The number of amides is 1. The Bertz CT molecular complexity index is 554. The van der Waals surface area contributed by atoms with Gasteiger partial charge in [0, 0.05) is 25.5 Å². The highest BCUT2D eigenvalue weighted by Gasteiger charge is 2.23. The van der Waals surface area contributed by atoms with Crippen molar-refractivity contribution in [3.05, 3.63) is 66.0 Å². The zero-order chi connectivity index (χ0) is 15.1. The van der Waals surface area contributed by atoms with Crippen LogP contribution in [0.15, 0.2) is 54.9 Å². The number of likely N-dealkylation sites (N-methyl/N-ethyl adjacent to an activating group) is 1. The Morgan fingerprint density at radius 2 is 1.76 bits per heavy atom. The largest absolute Gasteiger partial charge is 0.338 e. The van der Waals surface area contributed by atoms with E-state index >= 15 is 0 Å². The summed E-state index contributed by atoms with van der Waals surface area (Å²) in [6.45, 7) is 5.44. The van der Waals surface area contributed by atoms with Crippen LogP contribution in [0.5, 0.6) is 0 Å². The number of pyridine rings is 1. The Morgan fingerprint density at radius 1 is 1.10 bits per heavy atom. The van der Waals surface area contributed by atoms with Gasteiger partial charge in [-0.2, -0.15) is 0 Å². The lowest BCUT2D eigenvalue weighted by Gasteiger charge is -2.26. The topological polar surface area (TPSA) is 33.2 Å².